The molecule has 0 aromatic heterocycles. The third-order valence-electron chi connectivity index (χ3n) is 11.5. The molecule has 0 amide bonds. The molecule has 0 spiro atoms. The van der Waals surface area contributed by atoms with Gasteiger partial charge < -0.3 is 0 Å². The SMILES string of the molecule is c1ccc(-c2cc(-c3ccc4cc(-c5ccc6ccccc6c5)ccc4c3)cc3c2Cc2c(-c4ccccc4)c4ccccc4c4cccc-3c24)cc1. The molecule has 1 aliphatic rings. The topological polar surface area (TPSA) is 0 Å². The first-order valence-electron chi connectivity index (χ1n) is 18.5. The van der Waals surface area contributed by atoms with Crippen molar-refractivity contribution in [1.29, 1.82) is 0 Å². The van der Waals surface area contributed by atoms with E-state index in [1.807, 2.05) is 0 Å². The molecule has 0 aliphatic heterocycles. The predicted octanol–water partition coefficient (Wildman–Crippen LogP) is 14.5. The first-order valence-corrected chi connectivity index (χ1v) is 18.5. The van der Waals surface area contributed by atoms with Crippen LogP contribution in [0.4, 0.5) is 0 Å². The zero-order valence-electron chi connectivity index (χ0n) is 29.2. The van der Waals surface area contributed by atoms with Crippen LogP contribution >= 0.6 is 0 Å². The molecular weight excluding hydrogens is 637 g/mol. The van der Waals surface area contributed by atoms with Gasteiger partial charge in [0.2, 0.25) is 0 Å². The van der Waals surface area contributed by atoms with Crippen molar-refractivity contribution in [3.8, 4) is 55.6 Å². The van der Waals surface area contributed by atoms with E-state index in [-0.39, 0.29) is 0 Å². The summed E-state index contributed by atoms with van der Waals surface area (Å²) in [6.07, 6.45) is 0.873. The number of rotatable bonds is 4. The summed E-state index contributed by atoms with van der Waals surface area (Å²) in [5.74, 6) is 0. The summed E-state index contributed by atoms with van der Waals surface area (Å²) >= 11 is 0. The van der Waals surface area contributed by atoms with E-state index in [2.05, 4.69) is 194 Å². The number of fused-ring (bicyclic) bond motifs is 6. The molecule has 10 aromatic carbocycles. The van der Waals surface area contributed by atoms with E-state index >= 15 is 0 Å². The molecule has 0 unspecified atom stereocenters. The maximum absolute atomic E-state index is 2.46. The molecule has 0 heteroatoms. The summed E-state index contributed by atoms with van der Waals surface area (Å²) in [6.45, 7) is 0. The number of hydrogen-bond donors (Lipinski definition) is 0. The normalized spacial score (nSPS) is 12.1. The molecule has 0 bridgehead atoms. The quantitative estimate of drug-likeness (QED) is 0.164. The van der Waals surface area contributed by atoms with Crippen molar-refractivity contribution in [2.75, 3.05) is 0 Å². The minimum atomic E-state index is 0.873. The second-order valence-corrected chi connectivity index (χ2v) is 14.4. The minimum Gasteiger partial charge on any atom is -0.0622 e. The Morgan fingerprint density at radius 3 is 1.51 bits per heavy atom. The first-order chi connectivity index (χ1) is 26.3. The smallest absolute Gasteiger partial charge is 0.0000657 e. The molecular formula is C53H34. The lowest BCUT2D eigenvalue weighted by Crippen LogP contribution is -2.06. The van der Waals surface area contributed by atoms with Crippen LogP contribution in [0.1, 0.15) is 11.1 Å². The first kappa shape index (κ1) is 29.9. The third kappa shape index (κ3) is 4.84. The Bertz CT molecular complexity index is 3060. The van der Waals surface area contributed by atoms with Crippen LogP contribution in [0.15, 0.2) is 194 Å². The van der Waals surface area contributed by atoms with Gasteiger partial charge in [0.1, 0.15) is 0 Å². The Morgan fingerprint density at radius 1 is 0.264 bits per heavy atom. The molecule has 0 radical (unpaired) electrons. The van der Waals surface area contributed by atoms with Crippen molar-refractivity contribution < 1.29 is 0 Å². The fraction of sp³-hybridized carbons (Fsp3) is 0.0189. The molecule has 53 heavy (non-hydrogen) atoms. The summed E-state index contributed by atoms with van der Waals surface area (Å²) in [5, 5.41) is 10.4. The highest BCUT2D eigenvalue weighted by atomic mass is 14.3. The van der Waals surface area contributed by atoms with Gasteiger partial charge in [0.15, 0.2) is 0 Å². The number of benzene rings is 10. The molecule has 0 nitrogen and oxygen atoms in total. The van der Waals surface area contributed by atoms with Gasteiger partial charge in [-0.15, -0.1) is 0 Å². The highest BCUT2D eigenvalue weighted by Gasteiger charge is 2.27. The molecule has 0 fully saturated rings. The Morgan fingerprint density at radius 2 is 0.792 bits per heavy atom. The van der Waals surface area contributed by atoms with E-state index < -0.39 is 0 Å². The highest BCUT2D eigenvalue weighted by molar-refractivity contribution is 6.20. The molecule has 1 aliphatic carbocycles. The molecule has 0 heterocycles. The minimum absolute atomic E-state index is 0.873. The van der Waals surface area contributed by atoms with Crippen molar-refractivity contribution in [2.24, 2.45) is 0 Å². The van der Waals surface area contributed by atoms with E-state index in [0.29, 0.717) is 0 Å². The summed E-state index contributed by atoms with van der Waals surface area (Å²) < 4.78 is 0. The van der Waals surface area contributed by atoms with E-state index in [1.165, 1.54) is 110 Å². The standard InChI is InChI=1S/C53H34/c1-3-13-35(14-4-1)48-31-43(42-27-26-40-29-39(24-25-41(40)30-42)38-23-22-34-12-7-8-17-37(34)28-38)32-49-47-21-11-20-46-44-18-9-10-19-45(44)52(36-15-5-2-6-16-36)51(53(46)47)33-50(48)49/h1-32H,33H2. The maximum atomic E-state index is 2.46. The van der Waals surface area contributed by atoms with Crippen molar-refractivity contribution in [3.05, 3.63) is 205 Å². The zero-order valence-corrected chi connectivity index (χ0v) is 29.2. The average molecular weight is 671 g/mol. The van der Waals surface area contributed by atoms with Crippen LogP contribution < -0.4 is 0 Å². The van der Waals surface area contributed by atoms with Gasteiger partial charge in [-0.1, -0.05) is 164 Å². The Hall–Kier alpha value is -6.76. The lowest BCUT2D eigenvalue weighted by molar-refractivity contribution is 1.21. The van der Waals surface area contributed by atoms with Crippen LogP contribution in [0.2, 0.25) is 0 Å². The largest absolute Gasteiger partial charge is 0.0622 e. The van der Waals surface area contributed by atoms with Crippen molar-refractivity contribution >= 4 is 43.1 Å². The van der Waals surface area contributed by atoms with Gasteiger partial charge in [-0.05, 0) is 147 Å². The van der Waals surface area contributed by atoms with Crippen LogP contribution in [0.3, 0.4) is 0 Å². The Kier molecular flexibility index (Phi) is 6.72. The summed E-state index contributed by atoms with van der Waals surface area (Å²) in [4.78, 5) is 0. The van der Waals surface area contributed by atoms with E-state index in [1.54, 1.807) is 0 Å². The van der Waals surface area contributed by atoms with Crippen LogP contribution in [0.5, 0.6) is 0 Å². The van der Waals surface area contributed by atoms with Crippen molar-refractivity contribution in [3.63, 3.8) is 0 Å². The Labute approximate surface area is 309 Å². The number of hydrogen-bond acceptors (Lipinski definition) is 0. The third-order valence-corrected chi connectivity index (χ3v) is 11.5. The lowest BCUT2D eigenvalue weighted by Gasteiger charge is -2.28. The van der Waals surface area contributed by atoms with Gasteiger partial charge in [0.25, 0.3) is 0 Å². The molecule has 246 valence electrons. The average Bonchev–Trinajstić information content (AvgIpc) is 3.23. The van der Waals surface area contributed by atoms with Crippen LogP contribution in [0.25, 0.3) is 98.7 Å². The van der Waals surface area contributed by atoms with Gasteiger partial charge >= 0.3 is 0 Å². The summed E-state index contributed by atoms with van der Waals surface area (Å²) in [5.41, 5.74) is 15.6. The fourth-order valence-corrected chi connectivity index (χ4v) is 8.96. The fourth-order valence-electron chi connectivity index (χ4n) is 8.96. The summed E-state index contributed by atoms with van der Waals surface area (Å²) in [6, 6.07) is 72.0. The van der Waals surface area contributed by atoms with Crippen LogP contribution in [-0.4, -0.2) is 0 Å². The van der Waals surface area contributed by atoms with E-state index in [9.17, 15) is 0 Å². The predicted molar refractivity (Wildman–Crippen MR) is 226 cm³/mol. The summed E-state index contributed by atoms with van der Waals surface area (Å²) in [7, 11) is 0. The van der Waals surface area contributed by atoms with Gasteiger partial charge in [-0.25, -0.2) is 0 Å². The van der Waals surface area contributed by atoms with Gasteiger partial charge in [0, 0.05) is 0 Å². The van der Waals surface area contributed by atoms with Crippen LogP contribution in [0, 0.1) is 0 Å². The van der Waals surface area contributed by atoms with E-state index in [0.717, 1.165) is 6.42 Å². The van der Waals surface area contributed by atoms with Crippen molar-refractivity contribution in [2.45, 2.75) is 6.42 Å². The molecule has 0 atom stereocenters. The van der Waals surface area contributed by atoms with Gasteiger partial charge in [0.05, 0.1) is 0 Å². The van der Waals surface area contributed by atoms with Gasteiger partial charge in [-0.2, -0.15) is 0 Å². The zero-order chi connectivity index (χ0) is 34.9. The second kappa shape index (κ2) is 11.9. The lowest BCUT2D eigenvalue weighted by atomic mass is 9.75. The highest BCUT2D eigenvalue weighted by Crippen LogP contribution is 2.50. The molecule has 0 saturated carbocycles. The molecule has 10 aromatic rings. The molecule has 0 saturated heterocycles. The molecule has 0 N–H and O–H groups in total. The molecule has 11 rings (SSSR count). The maximum Gasteiger partial charge on any atom is -0.0000657 e. The van der Waals surface area contributed by atoms with Crippen LogP contribution in [-0.2, 0) is 6.42 Å². The monoisotopic (exact) mass is 670 g/mol. The van der Waals surface area contributed by atoms with Gasteiger partial charge in [-0.3, -0.25) is 0 Å². The van der Waals surface area contributed by atoms with E-state index in [4.69, 9.17) is 0 Å². The second-order valence-electron chi connectivity index (χ2n) is 14.4. The van der Waals surface area contributed by atoms with Crippen molar-refractivity contribution in [1.82, 2.24) is 0 Å². The Balaban J connectivity index is 1.12.